The number of carbonyl (C=O) groups is 1. The summed E-state index contributed by atoms with van der Waals surface area (Å²) >= 11 is 0. The van der Waals surface area contributed by atoms with E-state index in [1.807, 2.05) is 4.90 Å². The van der Waals surface area contributed by atoms with E-state index in [-0.39, 0.29) is 17.0 Å². The number of rotatable bonds is 4. The molecule has 0 spiro atoms. The first-order valence-electron chi connectivity index (χ1n) is 11.5. The molecule has 1 saturated carbocycles. The lowest BCUT2D eigenvalue weighted by Crippen LogP contribution is -2.50. The standard InChI is InChI=1S/C24H26F2N6O2/c1-27-23(33)18-7-8-19(21(26)28-18)32-11-9-31(10-12-32)15-6-5-14(13-15)22-29-17-4-2-3-16(25)20(17)24(34)30-22/h2-4,7-8,14-15H,5-6,9-13H2,1H3,(H,27,33)(H,29,30,34). The molecule has 10 heteroatoms. The third-order valence-electron chi connectivity index (χ3n) is 6.95. The topological polar surface area (TPSA) is 94.2 Å². The SMILES string of the molecule is CNC(=O)c1ccc(N2CCN(C3CCC(c4nc5cccc(F)c5c(=O)[nH]4)C3)CC2)c(F)n1. The highest BCUT2D eigenvalue weighted by atomic mass is 19.1. The molecule has 1 amide bonds. The zero-order valence-electron chi connectivity index (χ0n) is 18.9. The van der Waals surface area contributed by atoms with Crippen LogP contribution in [0.15, 0.2) is 35.1 Å². The molecule has 2 aliphatic rings. The molecular formula is C24H26F2N6O2. The largest absolute Gasteiger partial charge is 0.365 e. The van der Waals surface area contributed by atoms with Crippen LogP contribution < -0.4 is 15.8 Å². The van der Waals surface area contributed by atoms with E-state index in [9.17, 15) is 18.4 Å². The van der Waals surface area contributed by atoms with Gasteiger partial charge in [-0.15, -0.1) is 0 Å². The van der Waals surface area contributed by atoms with E-state index in [1.54, 1.807) is 18.2 Å². The van der Waals surface area contributed by atoms with Crippen molar-refractivity contribution in [2.75, 3.05) is 38.1 Å². The lowest BCUT2D eigenvalue weighted by molar-refractivity contribution is 0.0957. The number of hydrogen-bond acceptors (Lipinski definition) is 6. The van der Waals surface area contributed by atoms with Crippen molar-refractivity contribution >= 4 is 22.5 Å². The Hall–Kier alpha value is -3.40. The lowest BCUT2D eigenvalue weighted by atomic mass is 10.1. The number of pyridine rings is 1. The maximum absolute atomic E-state index is 14.5. The quantitative estimate of drug-likeness (QED) is 0.572. The van der Waals surface area contributed by atoms with Crippen LogP contribution in [0.3, 0.4) is 0 Å². The number of hydrogen-bond donors (Lipinski definition) is 2. The van der Waals surface area contributed by atoms with Crippen molar-refractivity contribution in [1.82, 2.24) is 25.2 Å². The number of nitrogens with zero attached hydrogens (tertiary/aromatic N) is 4. The summed E-state index contributed by atoms with van der Waals surface area (Å²) in [4.78, 5) is 39.6. The Morgan fingerprint density at radius 2 is 1.88 bits per heavy atom. The molecular weight excluding hydrogens is 442 g/mol. The highest BCUT2D eigenvalue weighted by Gasteiger charge is 2.33. The van der Waals surface area contributed by atoms with Crippen LogP contribution in [0.4, 0.5) is 14.5 Å². The van der Waals surface area contributed by atoms with Crippen LogP contribution in [0.5, 0.6) is 0 Å². The lowest BCUT2D eigenvalue weighted by Gasteiger charge is -2.39. The molecule has 0 bridgehead atoms. The van der Waals surface area contributed by atoms with Gasteiger partial charge in [0.05, 0.1) is 11.2 Å². The molecule has 2 N–H and O–H groups in total. The van der Waals surface area contributed by atoms with Gasteiger partial charge in [0.25, 0.3) is 11.5 Å². The van der Waals surface area contributed by atoms with Crippen molar-refractivity contribution in [2.24, 2.45) is 0 Å². The predicted octanol–water partition coefficient (Wildman–Crippen LogP) is 2.41. The highest BCUT2D eigenvalue weighted by molar-refractivity contribution is 5.92. The molecule has 2 unspecified atom stereocenters. The van der Waals surface area contributed by atoms with E-state index >= 15 is 0 Å². The highest BCUT2D eigenvalue weighted by Crippen LogP contribution is 2.36. The van der Waals surface area contributed by atoms with E-state index < -0.39 is 23.2 Å². The van der Waals surface area contributed by atoms with Gasteiger partial charge < -0.3 is 15.2 Å². The second-order valence-corrected chi connectivity index (χ2v) is 8.86. The predicted molar refractivity (Wildman–Crippen MR) is 124 cm³/mol. The fourth-order valence-corrected chi connectivity index (χ4v) is 5.14. The molecule has 5 rings (SSSR count). The summed E-state index contributed by atoms with van der Waals surface area (Å²) < 4.78 is 28.5. The number of fused-ring (bicyclic) bond motifs is 1. The van der Waals surface area contributed by atoms with Crippen LogP contribution >= 0.6 is 0 Å². The van der Waals surface area contributed by atoms with Crippen LogP contribution in [0, 0.1) is 11.8 Å². The summed E-state index contributed by atoms with van der Waals surface area (Å²) in [6.45, 7) is 2.87. The minimum atomic E-state index is -0.641. The monoisotopic (exact) mass is 468 g/mol. The molecule has 3 aromatic rings. The molecule has 1 aliphatic heterocycles. The Balaban J connectivity index is 1.23. The summed E-state index contributed by atoms with van der Waals surface area (Å²) in [5.74, 6) is -0.887. The van der Waals surface area contributed by atoms with Crippen LogP contribution in [-0.4, -0.2) is 65.0 Å². The van der Waals surface area contributed by atoms with Crippen molar-refractivity contribution in [3.05, 3.63) is 64.0 Å². The zero-order valence-corrected chi connectivity index (χ0v) is 18.9. The van der Waals surface area contributed by atoms with Gasteiger partial charge in [-0.05, 0) is 43.5 Å². The van der Waals surface area contributed by atoms with Crippen LogP contribution in [0.2, 0.25) is 0 Å². The van der Waals surface area contributed by atoms with Crippen LogP contribution in [0.25, 0.3) is 10.9 Å². The number of carbonyl (C=O) groups excluding carboxylic acids is 1. The summed E-state index contributed by atoms with van der Waals surface area (Å²) in [6, 6.07) is 7.99. The first-order valence-corrected chi connectivity index (χ1v) is 11.5. The minimum absolute atomic E-state index is 0.00185. The Kier molecular flexibility index (Phi) is 5.99. The van der Waals surface area contributed by atoms with Crippen molar-refractivity contribution in [3.63, 3.8) is 0 Å². The number of nitrogens with one attached hydrogen (secondary N) is 2. The molecule has 2 fully saturated rings. The Morgan fingerprint density at radius 1 is 1.09 bits per heavy atom. The second-order valence-electron chi connectivity index (χ2n) is 8.86. The Morgan fingerprint density at radius 3 is 2.62 bits per heavy atom. The number of amides is 1. The molecule has 2 aromatic heterocycles. The van der Waals surface area contributed by atoms with E-state index in [2.05, 4.69) is 25.2 Å². The van der Waals surface area contributed by atoms with E-state index in [0.29, 0.717) is 36.2 Å². The van der Waals surface area contributed by atoms with Gasteiger partial charge in [-0.1, -0.05) is 6.07 Å². The minimum Gasteiger partial charge on any atom is -0.365 e. The number of aromatic nitrogens is 3. The first kappa shape index (κ1) is 22.4. The van der Waals surface area contributed by atoms with Gasteiger partial charge in [0.1, 0.15) is 22.7 Å². The average Bonchev–Trinajstić information content (AvgIpc) is 3.34. The number of anilines is 1. The zero-order chi connectivity index (χ0) is 23.8. The van der Waals surface area contributed by atoms with E-state index in [0.717, 1.165) is 32.4 Å². The third-order valence-corrected chi connectivity index (χ3v) is 6.95. The molecule has 178 valence electrons. The molecule has 3 heterocycles. The molecule has 1 saturated heterocycles. The van der Waals surface area contributed by atoms with Gasteiger partial charge in [0, 0.05) is 45.2 Å². The van der Waals surface area contributed by atoms with Gasteiger partial charge in [-0.3, -0.25) is 14.5 Å². The maximum atomic E-state index is 14.5. The Labute approximate surface area is 195 Å². The van der Waals surface area contributed by atoms with Gasteiger partial charge in [-0.2, -0.15) is 4.39 Å². The van der Waals surface area contributed by atoms with E-state index in [4.69, 9.17) is 0 Å². The van der Waals surface area contributed by atoms with Crippen LogP contribution in [0.1, 0.15) is 41.5 Å². The average molecular weight is 469 g/mol. The number of H-pyrrole nitrogens is 1. The van der Waals surface area contributed by atoms with Gasteiger partial charge in [-0.25, -0.2) is 14.4 Å². The second kappa shape index (κ2) is 9.09. The fraction of sp³-hybridized carbons (Fsp3) is 0.417. The fourth-order valence-electron chi connectivity index (χ4n) is 5.14. The van der Waals surface area contributed by atoms with Crippen molar-refractivity contribution < 1.29 is 13.6 Å². The number of piperazine rings is 1. The first-order chi connectivity index (χ1) is 16.4. The summed E-state index contributed by atoms with van der Waals surface area (Å²) in [5, 5.41) is 2.45. The molecule has 1 aromatic carbocycles. The normalized spacial score (nSPS) is 21.2. The van der Waals surface area contributed by atoms with Gasteiger partial charge >= 0.3 is 0 Å². The molecule has 34 heavy (non-hydrogen) atoms. The third kappa shape index (κ3) is 4.13. The summed E-state index contributed by atoms with van der Waals surface area (Å²) in [7, 11) is 1.48. The number of benzene rings is 1. The van der Waals surface area contributed by atoms with E-state index in [1.165, 1.54) is 19.2 Å². The van der Waals surface area contributed by atoms with Gasteiger partial charge in [0.2, 0.25) is 5.95 Å². The molecule has 0 radical (unpaired) electrons. The van der Waals surface area contributed by atoms with Crippen LogP contribution in [-0.2, 0) is 0 Å². The summed E-state index contributed by atoms with van der Waals surface area (Å²) in [6.07, 6.45) is 2.74. The summed E-state index contributed by atoms with van der Waals surface area (Å²) in [5.41, 5.74) is 0.409. The van der Waals surface area contributed by atoms with Gasteiger partial charge in [0.15, 0.2) is 0 Å². The molecule has 1 aliphatic carbocycles. The smallest absolute Gasteiger partial charge is 0.269 e. The molecule has 2 atom stereocenters. The number of halogens is 2. The number of aromatic amines is 1. The van der Waals surface area contributed by atoms with Crippen molar-refractivity contribution in [3.8, 4) is 0 Å². The van der Waals surface area contributed by atoms with Crippen molar-refractivity contribution in [2.45, 2.75) is 31.2 Å². The van der Waals surface area contributed by atoms with Crippen molar-refractivity contribution in [1.29, 1.82) is 0 Å². The Bertz CT molecular complexity index is 1290. The maximum Gasteiger partial charge on any atom is 0.269 e. The molecule has 8 nitrogen and oxygen atoms in total.